The number of hydrogen-bond donors (Lipinski definition) is 1. The lowest BCUT2D eigenvalue weighted by Crippen LogP contribution is -2.29. The molecule has 2 heterocycles. The van der Waals surface area contributed by atoms with Gasteiger partial charge in [-0.25, -0.2) is 0 Å². The highest BCUT2D eigenvalue weighted by Gasteiger charge is 2.46. The van der Waals surface area contributed by atoms with E-state index >= 15 is 0 Å². The summed E-state index contributed by atoms with van der Waals surface area (Å²) in [5.74, 6) is -1.68. The molecule has 4 rings (SSSR count). The van der Waals surface area contributed by atoms with Crippen LogP contribution in [0.15, 0.2) is 71.6 Å². The molecule has 1 unspecified atom stereocenters. The molecule has 0 bridgehead atoms. The summed E-state index contributed by atoms with van der Waals surface area (Å²) in [6, 6.07) is 13.6. The van der Waals surface area contributed by atoms with Crippen LogP contribution in [0.3, 0.4) is 0 Å². The van der Waals surface area contributed by atoms with Gasteiger partial charge >= 0.3 is 6.18 Å². The smallest absolute Gasteiger partial charge is 0.416 e. The second-order valence-electron chi connectivity index (χ2n) is 7.60. The Morgan fingerprint density at radius 1 is 1.09 bits per heavy atom. The van der Waals surface area contributed by atoms with E-state index in [1.807, 2.05) is 6.92 Å². The topological polar surface area (TPSA) is 66.8 Å². The molecular formula is C25H20F3NO4S. The van der Waals surface area contributed by atoms with E-state index in [2.05, 4.69) is 0 Å². The molecule has 1 fully saturated rings. The van der Waals surface area contributed by atoms with Crippen molar-refractivity contribution in [1.29, 1.82) is 0 Å². The molecule has 5 nitrogen and oxygen atoms in total. The largest absolute Gasteiger partial charge is 0.507 e. The highest BCUT2D eigenvalue weighted by atomic mass is 32.1. The van der Waals surface area contributed by atoms with Crippen molar-refractivity contribution in [2.75, 3.05) is 6.61 Å². The third-order valence-corrected chi connectivity index (χ3v) is 6.30. The van der Waals surface area contributed by atoms with Crippen molar-refractivity contribution in [3.8, 4) is 5.75 Å². The number of benzene rings is 2. The summed E-state index contributed by atoms with van der Waals surface area (Å²) in [5, 5.41) is 12.8. The zero-order valence-electron chi connectivity index (χ0n) is 18.0. The first-order valence-electron chi connectivity index (χ1n) is 10.4. The van der Waals surface area contributed by atoms with Crippen LogP contribution in [0.5, 0.6) is 5.75 Å². The van der Waals surface area contributed by atoms with Crippen molar-refractivity contribution in [2.45, 2.75) is 25.7 Å². The molecule has 1 aliphatic heterocycles. The number of aliphatic hydroxyl groups excluding tert-OH is 1. The Morgan fingerprint density at radius 3 is 2.53 bits per heavy atom. The van der Waals surface area contributed by atoms with E-state index in [0.29, 0.717) is 22.8 Å². The number of likely N-dealkylation sites (tertiary alicyclic amines) is 1. The van der Waals surface area contributed by atoms with Gasteiger partial charge in [0, 0.05) is 17.0 Å². The molecular weight excluding hydrogens is 467 g/mol. The highest BCUT2D eigenvalue weighted by Crippen LogP contribution is 2.42. The molecule has 1 atom stereocenters. The van der Waals surface area contributed by atoms with E-state index in [4.69, 9.17) is 4.74 Å². The first kappa shape index (κ1) is 23.6. The van der Waals surface area contributed by atoms with Gasteiger partial charge in [0.1, 0.15) is 11.5 Å². The summed E-state index contributed by atoms with van der Waals surface area (Å²) in [6.45, 7) is 1.98. The van der Waals surface area contributed by atoms with Gasteiger partial charge in [-0.3, -0.25) is 9.59 Å². The Labute approximate surface area is 197 Å². The van der Waals surface area contributed by atoms with Crippen LogP contribution in [0.25, 0.3) is 5.76 Å². The van der Waals surface area contributed by atoms with Gasteiger partial charge in [0.25, 0.3) is 11.7 Å². The summed E-state index contributed by atoms with van der Waals surface area (Å²) in [4.78, 5) is 27.9. The maximum absolute atomic E-state index is 13.2. The SMILES string of the molecule is CCOc1cccc(/C(O)=C2/C(=O)C(=O)N(Cc3cccc(C(F)(F)F)c3)C2c2cccs2)c1. The van der Waals surface area contributed by atoms with E-state index in [-0.39, 0.29) is 23.4 Å². The first-order valence-corrected chi connectivity index (χ1v) is 11.3. The van der Waals surface area contributed by atoms with Crippen molar-refractivity contribution < 1.29 is 32.6 Å². The number of nitrogens with zero attached hydrogens (tertiary/aromatic N) is 1. The van der Waals surface area contributed by atoms with Gasteiger partial charge in [0.05, 0.1) is 23.8 Å². The maximum Gasteiger partial charge on any atom is 0.416 e. The molecule has 1 amide bonds. The number of aliphatic hydroxyl groups is 1. The Hall–Kier alpha value is -3.59. The lowest BCUT2D eigenvalue weighted by molar-refractivity contribution is -0.140. The van der Waals surface area contributed by atoms with Crippen molar-refractivity contribution in [2.24, 2.45) is 0 Å². The van der Waals surface area contributed by atoms with Crippen molar-refractivity contribution in [3.63, 3.8) is 0 Å². The second kappa shape index (κ2) is 9.34. The Balaban J connectivity index is 1.79. The lowest BCUT2D eigenvalue weighted by Gasteiger charge is -2.24. The predicted molar refractivity (Wildman–Crippen MR) is 121 cm³/mol. The number of amides is 1. The molecule has 2 aromatic carbocycles. The summed E-state index contributed by atoms with van der Waals surface area (Å²) in [5.41, 5.74) is -0.448. The van der Waals surface area contributed by atoms with Crippen molar-refractivity contribution >= 4 is 28.8 Å². The summed E-state index contributed by atoms with van der Waals surface area (Å²) < 4.78 is 45.0. The fraction of sp³-hybridized carbons (Fsp3) is 0.200. The average molecular weight is 487 g/mol. The predicted octanol–water partition coefficient (Wildman–Crippen LogP) is 5.79. The summed E-state index contributed by atoms with van der Waals surface area (Å²) in [6.07, 6.45) is -4.54. The number of hydrogen-bond acceptors (Lipinski definition) is 5. The van der Waals surface area contributed by atoms with Gasteiger partial charge in [0.2, 0.25) is 0 Å². The van der Waals surface area contributed by atoms with E-state index in [1.165, 1.54) is 28.4 Å². The highest BCUT2D eigenvalue weighted by molar-refractivity contribution is 7.10. The number of carbonyl (C=O) groups is 2. The molecule has 3 aromatic rings. The number of alkyl halides is 3. The maximum atomic E-state index is 13.2. The molecule has 1 aliphatic rings. The van der Waals surface area contributed by atoms with E-state index in [1.54, 1.807) is 41.8 Å². The number of thiophene rings is 1. The standard InChI is InChI=1S/C25H20F3NO4S/c1-2-33-18-9-4-7-16(13-18)22(30)20-21(19-10-5-11-34-19)29(24(32)23(20)31)14-15-6-3-8-17(12-15)25(26,27)28/h3-13,21,30H,2,14H2,1H3/b22-20-. The second-order valence-corrected chi connectivity index (χ2v) is 8.58. The molecule has 34 heavy (non-hydrogen) atoms. The van der Waals surface area contributed by atoms with Crippen LogP contribution in [0.1, 0.15) is 34.5 Å². The first-order chi connectivity index (χ1) is 16.2. The zero-order chi connectivity index (χ0) is 24.5. The van der Waals surface area contributed by atoms with Crippen LogP contribution in [0.4, 0.5) is 13.2 Å². The fourth-order valence-electron chi connectivity index (χ4n) is 3.88. The molecule has 0 aliphatic carbocycles. The van der Waals surface area contributed by atoms with Gasteiger partial charge in [-0.15, -0.1) is 11.3 Å². The van der Waals surface area contributed by atoms with E-state index < -0.39 is 29.5 Å². The molecule has 176 valence electrons. The molecule has 0 radical (unpaired) electrons. The molecule has 0 spiro atoms. The van der Waals surface area contributed by atoms with Crippen LogP contribution in [-0.4, -0.2) is 28.3 Å². The lowest BCUT2D eigenvalue weighted by atomic mass is 9.99. The van der Waals surface area contributed by atoms with Crippen LogP contribution in [0, 0.1) is 0 Å². The Kier molecular flexibility index (Phi) is 6.47. The zero-order valence-corrected chi connectivity index (χ0v) is 18.8. The van der Waals surface area contributed by atoms with Gasteiger partial charge < -0.3 is 14.7 Å². The van der Waals surface area contributed by atoms with Crippen molar-refractivity contribution in [1.82, 2.24) is 4.90 Å². The number of carbonyl (C=O) groups excluding carboxylic acids is 2. The molecule has 0 saturated carbocycles. The molecule has 1 saturated heterocycles. The number of rotatable bonds is 6. The normalized spacial score (nSPS) is 17.9. The number of ketones is 1. The molecule has 1 N–H and O–H groups in total. The fourth-order valence-corrected chi connectivity index (χ4v) is 4.73. The van der Waals surface area contributed by atoms with Gasteiger partial charge in [-0.2, -0.15) is 13.2 Å². The minimum atomic E-state index is -4.54. The van der Waals surface area contributed by atoms with Crippen LogP contribution in [-0.2, 0) is 22.3 Å². The third-order valence-electron chi connectivity index (χ3n) is 5.38. The van der Waals surface area contributed by atoms with E-state index in [0.717, 1.165) is 12.1 Å². The quantitative estimate of drug-likeness (QED) is 0.272. The number of ether oxygens (including phenoxy) is 1. The minimum absolute atomic E-state index is 0.118. The summed E-state index contributed by atoms with van der Waals surface area (Å²) >= 11 is 1.28. The van der Waals surface area contributed by atoms with Gasteiger partial charge in [-0.05, 0) is 48.2 Å². The summed E-state index contributed by atoms with van der Waals surface area (Å²) in [7, 11) is 0. The van der Waals surface area contributed by atoms with E-state index in [9.17, 15) is 27.9 Å². The third kappa shape index (κ3) is 4.56. The van der Waals surface area contributed by atoms with Crippen LogP contribution >= 0.6 is 11.3 Å². The number of Topliss-reactive ketones (excluding diaryl/α,β-unsaturated/α-hetero) is 1. The average Bonchev–Trinajstić information content (AvgIpc) is 3.42. The minimum Gasteiger partial charge on any atom is -0.507 e. The van der Waals surface area contributed by atoms with Crippen LogP contribution < -0.4 is 4.74 Å². The number of halogens is 3. The van der Waals surface area contributed by atoms with Crippen molar-refractivity contribution in [3.05, 3.63) is 93.2 Å². The van der Waals surface area contributed by atoms with Gasteiger partial charge in [0.15, 0.2) is 0 Å². The Bertz CT molecular complexity index is 1250. The van der Waals surface area contributed by atoms with Crippen LogP contribution in [0.2, 0.25) is 0 Å². The monoisotopic (exact) mass is 487 g/mol. The molecule has 1 aromatic heterocycles. The molecule has 9 heteroatoms. The Morgan fingerprint density at radius 2 is 1.85 bits per heavy atom. The van der Waals surface area contributed by atoms with Gasteiger partial charge in [-0.1, -0.05) is 30.3 Å².